The zero-order valence-corrected chi connectivity index (χ0v) is 9.92. The molecule has 14 heavy (non-hydrogen) atoms. The lowest BCUT2D eigenvalue weighted by molar-refractivity contribution is 0.654. The van der Waals surface area contributed by atoms with Crippen LogP contribution in [0.3, 0.4) is 0 Å². The van der Waals surface area contributed by atoms with E-state index in [1.54, 1.807) is 0 Å². The van der Waals surface area contributed by atoms with Gasteiger partial charge in [0.05, 0.1) is 5.25 Å². The molecule has 1 aromatic heterocycles. The molecule has 78 valence electrons. The Labute approximate surface area is 92.8 Å². The van der Waals surface area contributed by atoms with Crippen LogP contribution in [0.5, 0.6) is 0 Å². The summed E-state index contributed by atoms with van der Waals surface area (Å²) in [5.74, 6) is 0.156. The molecule has 0 aliphatic heterocycles. The maximum Gasteiger partial charge on any atom is 0.241 e. The van der Waals surface area contributed by atoms with Crippen LogP contribution in [0.15, 0.2) is 4.73 Å². The Hall–Kier alpha value is -0.430. The Bertz CT molecular complexity index is 361. The van der Waals surface area contributed by atoms with Crippen LogP contribution < -0.4 is 5.73 Å². The summed E-state index contributed by atoms with van der Waals surface area (Å²) in [4.78, 5) is 3.86. The summed E-state index contributed by atoms with van der Waals surface area (Å²) in [5, 5.41) is 4.09. The van der Waals surface area contributed by atoms with Crippen molar-refractivity contribution >= 4 is 32.9 Å². The Kier molecular flexibility index (Phi) is 2.87. The summed E-state index contributed by atoms with van der Waals surface area (Å²) in [6.07, 6.45) is 4.30. The molecule has 0 spiro atoms. The van der Waals surface area contributed by atoms with Crippen LogP contribution in [0.1, 0.15) is 25.7 Å². The second kappa shape index (κ2) is 3.98. The zero-order chi connectivity index (χ0) is 10.1. The van der Waals surface area contributed by atoms with Crippen molar-refractivity contribution in [3.8, 4) is 0 Å². The van der Waals surface area contributed by atoms with Crippen molar-refractivity contribution in [3.05, 3.63) is 4.73 Å². The van der Waals surface area contributed by atoms with Crippen molar-refractivity contribution in [2.24, 2.45) is 0 Å². The van der Waals surface area contributed by atoms with Gasteiger partial charge in [0.1, 0.15) is 11.0 Å². The number of nitrogens with two attached hydrogens (primary N) is 1. The molecule has 0 saturated heterocycles. The smallest absolute Gasteiger partial charge is 0.241 e. The van der Waals surface area contributed by atoms with Crippen molar-refractivity contribution in [1.82, 2.24) is 14.2 Å². The van der Waals surface area contributed by atoms with E-state index in [2.05, 4.69) is 26.0 Å². The molecule has 1 fully saturated rings. The number of anilines is 1. The monoisotopic (exact) mass is 278 g/mol. The normalized spacial score (nSPS) is 20.1. The number of halogens is 1. The molecule has 1 atom stereocenters. The molecule has 5 nitrogen and oxygen atoms in total. The average Bonchev–Trinajstić information content (AvgIpc) is 2.73. The summed E-state index contributed by atoms with van der Waals surface area (Å²) in [5.41, 5.74) is 5.41. The number of hydrogen-bond acceptors (Lipinski definition) is 4. The molecule has 2 rings (SSSR count). The van der Waals surface area contributed by atoms with E-state index >= 15 is 0 Å². The van der Waals surface area contributed by atoms with Crippen LogP contribution in [0, 0.1) is 0 Å². The standard InChI is InChI=1S/C7H11BrN4OS/c8-6-10-7(9)11-12(6)14(13)5-3-1-2-4-5/h5H,1-4H2,(H2,9,11). The molecule has 1 unspecified atom stereocenters. The van der Waals surface area contributed by atoms with Crippen molar-refractivity contribution in [1.29, 1.82) is 0 Å². The largest absolute Gasteiger partial charge is 0.366 e. The third-order valence-electron chi connectivity index (χ3n) is 2.32. The first-order chi connectivity index (χ1) is 6.68. The molecular formula is C7H11BrN4OS. The van der Waals surface area contributed by atoms with Gasteiger partial charge < -0.3 is 5.73 Å². The van der Waals surface area contributed by atoms with Gasteiger partial charge in [-0.2, -0.15) is 4.98 Å². The predicted molar refractivity (Wildman–Crippen MR) is 57.9 cm³/mol. The fraction of sp³-hybridized carbons (Fsp3) is 0.714. The molecule has 1 saturated carbocycles. The summed E-state index contributed by atoms with van der Waals surface area (Å²) in [7, 11) is -1.13. The maximum absolute atomic E-state index is 12.0. The highest BCUT2D eigenvalue weighted by molar-refractivity contribution is 9.10. The lowest BCUT2D eigenvalue weighted by Gasteiger charge is -2.07. The molecule has 1 heterocycles. The molecule has 2 N–H and O–H groups in total. The molecule has 0 aromatic carbocycles. The van der Waals surface area contributed by atoms with Crippen molar-refractivity contribution < 1.29 is 4.21 Å². The van der Waals surface area contributed by atoms with Gasteiger partial charge in [0.2, 0.25) is 10.7 Å². The van der Waals surface area contributed by atoms with E-state index in [9.17, 15) is 4.21 Å². The fourth-order valence-electron chi connectivity index (χ4n) is 1.64. The second-order valence-corrected chi connectivity index (χ2v) is 5.57. The van der Waals surface area contributed by atoms with Gasteiger partial charge in [-0.25, -0.2) is 4.21 Å². The van der Waals surface area contributed by atoms with E-state index in [1.165, 1.54) is 4.09 Å². The van der Waals surface area contributed by atoms with Gasteiger partial charge in [-0.3, -0.25) is 0 Å². The van der Waals surface area contributed by atoms with Crippen molar-refractivity contribution in [2.75, 3.05) is 5.73 Å². The van der Waals surface area contributed by atoms with Gasteiger partial charge in [-0.05, 0) is 28.8 Å². The quantitative estimate of drug-likeness (QED) is 0.879. The highest BCUT2D eigenvalue weighted by atomic mass is 79.9. The lowest BCUT2D eigenvalue weighted by Crippen LogP contribution is -2.19. The highest BCUT2D eigenvalue weighted by Gasteiger charge is 2.25. The average molecular weight is 279 g/mol. The molecule has 1 aliphatic carbocycles. The SMILES string of the molecule is Nc1nc(Br)n(S(=O)C2CCCC2)n1. The Morgan fingerprint density at radius 3 is 2.64 bits per heavy atom. The van der Waals surface area contributed by atoms with Crippen LogP contribution in [-0.4, -0.2) is 23.6 Å². The summed E-state index contributed by atoms with van der Waals surface area (Å²) in [6, 6.07) is 0. The topological polar surface area (TPSA) is 73.8 Å². The van der Waals surface area contributed by atoms with E-state index < -0.39 is 11.0 Å². The second-order valence-electron chi connectivity index (χ2n) is 3.29. The highest BCUT2D eigenvalue weighted by Crippen LogP contribution is 2.24. The van der Waals surface area contributed by atoms with E-state index in [4.69, 9.17) is 5.73 Å². The van der Waals surface area contributed by atoms with E-state index in [0.717, 1.165) is 25.7 Å². The number of rotatable bonds is 2. The molecular weight excluding hydrogens is 268 g/mol. The minimum Gasteiger partial charge on any atom is -0.366 e. The molecule has 0 bridgehead atoms. The van der Waals surface area contributed by atoms with Crippen LogP contribution in [0.25, 0.3) is 0 Å². The maximum atomic E-state index is 12.0. The van der Waals surface area contributed by atoms with E-state index in [-0.39, 0.29) is 11.2 Å². The van der Waals surface area contributed by atoms with Crippen LogP contribution in [0.2, 0.25) is 0 Å². The minimum atomic E-state index is -1.13. The first-order valence-electron chi connectivity index (χ1n) is 4.47. The summed E-state index contributed by atoms with van der Waals surface area (Å²) >= 11 is 3.18. The van der Waals surface area contributed by atoms with Crippen LogP contribution in [0.4, 0.5) is 5.95 Å². The summed E-state index contributed by atoms with van der Waals surface area (Å²) < 4.78 is 13.8. The van der Waals surface area contributed by atoms with Gasteiger partial charge in [-0.1, -0.05) is 12.8 Å². The first kappa shape index (κ1) is 10.1. The molecule has 7 heteroatoms. The fourth-order valence-corrected chi connectivity index (χ4v) is 3.70. The zero-order valence-electron chi connectivity index (χ0n) is 7.52. The number of aromatic nitrogens is 3. The number of nitrogens with zero attached hydrogens (tertiary/aromatic N) is 3. The van der Waals surface area contributed by atoms with E-state index in [1.807, 2.05) is 0 Å². The summed E-state index contributed by atoms with van der Waals surface area (Å²) in [6.45, 7) is 0. The van der Waals surface area contributed by atoms with Crippen molar-refractivity contribution in [3.63, 3.8) is 0 Å². The van der Waals surface area contributed by atoms with Gasteiger partial charge in [-0.15, -0.1) is 9.19 Å². The Balaban J connectivity index is 2.21. The number of nitrogen functional groups attached to an aromatic ring is 1. The molecule has 1 aliphatic rings. The number of hydrogen-bond donors (Lipinski definition) is 1. The van der Waals surface area contributed by atoms with Gasteiger partial charge >= 0.3 is 0 Å². The lowest BCUT2D eigenvalue weighted by atomic mass is 10.4. The van der Waals surface area contributed by atoms with E-state index in [0.29, 0.717) is 4.73 Å². The van der Waals surface area contributed by atoms with Gasteiger partial charge in [0, 0.05) is 0 Å². The molecule has 1 aromatic rings. The van der Waals surface area contributed by atoms with Crippen LogP contribution in [-0.2, 0) is 11.0 Å². The first-order valence-corrected chi connectivity index (χ1v) is 6.44. The third-order valence-corrected chi connectivity index (χ3v) is 4.70. The molecule has 0 amide bonds. The molecule has 0 radical (unpaired) electrons. The van der Waals surface area contributed by atoms with Gasteiger partial charge in [0.25, 0.3) is 0 Å². The van der Waals surface area contributed by atoms with Crippen molar-refractivity contribution in [2.45, 2.75) is 30.9 Å². The predicted octanol–water partition coefficient (Wildman–Crippen LogP) is 1.08. The Morgan fingerprint density at radius 1 is 1.50 bits per heavy atom. The third kappa shape index (κ3) is 1.83. The van der Waals surface area contributed by atoms with Crippen LogP contribution >= 0.6 is 15.9 Å². The minimum absolute atomic E-state index is 0.156. The van der Waals surface area contributed by atoms with Gasteiger partial charge in [0.15, 0.2) is 0 Å². The Morgan fingerprint density at radius 2 is 2.14 bits per heavy atom.